The summed E-state index contributed by atoms with van der Waals surface area (Å²) < 4.78 is 0. The molecule has 4 nitrogen and oxygen atoms in total. The molecule has 0 bridgehead atoms. The summed E-state index contributed by atoms with van der Waals surface area (Å²) in [6.07, 6.45) is -0.471. The summed E-state index contributed by atoms with van der Waals surface area (Å²) >= 11 is 0. The summed E-state index contributed by atoms with van der Waals surface area (Å²) in [7, 11) is 0. The fraction of sp³-hybridized carbons (Fsp3) is 0.235. The van der Waals surface area contributed by atoms with Gasteiger partial charge in [0.25, 0.3) is 0 Å². The van der Waals surface area contributed by atoms with Gasteiger partial charge >= 0.3 is 6.03 Å². The van der Waals surface area contributed by atoms with Crippen LogP contribution in [0.25, 0.3) is 0 Å². The summed E-state index contributed by atoms with van der Waals surface area (Å²) in [5.41, 5.74) is 2.93. The van der Waals surface area contributed by atoms with Crippen LogP contribution >= 0.6 is 0 Å². The Hall–Kier alpha value is -2.33. The van der Waals surface area contributed by atoms with Gasteiger partial charge in [-0.05, 0) is 23.6 Å². The predicted molar refractivity (Wildman–Crippen MR) is 82.6 cm³/mol. The number of carbonyl (C=O) groups is 1. The molecule has 0 spiro atoms. The third kappa shape index (κ3) is 4.93. The van der Waals surface area contributed by atoms with Crippen molar-refractivity contribution in [2.75, 3.05) is 0 Å². The van der Waals surface area contributed by atoms with E-state index in [-0.39, 0.29) is 6.03 Å². The maximum absolute atomic E-state index is 11.7. The number of carbonyl (C=O) groups excluding carboxylic acids is 1. The van der Waals surface area contributed by atoms with Crippen molar-refractivity contribution in [3.8, 4) is 0 Å². The zero-order valence-corrected chi connectivity index (χ0v) is 12.0. The molecule has 0 unspecified atom stereocenters. The van der Waals surface area contributed by atoms with Gasteiger partial charge in [0, 0.05) is 13.1 Å². The molecule has 0 fully saturated rings. The van der Waals surface area contributed by atoms with Crippen LogP contribution in [0.4, 0.5) is 4.79 Å². The first-order chi connectivity index (χ1) is 10.1. The third-order valence-corrected chi connectivity index (χ3v) is 3.21. The van der Waals surface area contributed by atoms with Crippen molar-refractivity contribution in [1.29, 1.82) is 0 Å². The molecule has 110 valence electrons. The van der Waals surface area contributed by atoms with Gasteiger partial charge in [-0.15, -0.1) is 0 Å². The van der Waals surface area contributed by atoms with Gasteiger partial charge in [0.2, 0.25) is 0 Å². The molecule has 2 aromatic rings. The maximum Gasteiger partial charge on any atom is 0.315 e. The standard InChI is InChI=1S/C17H20N2O2/c1-13(20)16-9-7-15(8-10-16)12-19-17(21)18-11-14-5-3-2-4-6-14/h2-10,13,20H,11-12H2,1H3,(H2,18,19,21)/t13-/m0/s1. The molecule has 0 heterocycles. The molecular weight excluding hydrogens is 264 g/mol. The lowest BCUT2D eigenvalue weighted by Crippen LogP contribution is -2.34. The number of rotatable bonds is 5. The Kier molecular flexibility index (Phi) is 5.35. The normalized spacial score (nSPS) is 11.7. The van der Waals surface area contributed by atoms with Crippen LogP contribution in [-0.4, -0.2) is 11.1 Å². The smallest absolute Gasteiger partial charge is 0.315 e. The molecule has 21 heavy (non-hydrogen) atoms. The average molecular weight is 284 g/mol. The summed E-state index contributed by atoms with van der Waals surface area (Å²) in [4.78, 5) is 11.7. The topological polar surface area (TPSA) is 61.4 Å². The average Bonchev–Trinajstić information content (AvgIpc) is 2.52. The Morgan fingerprint density at radius 1 is 0.952 bits per heavy atom. The van der Waals surface area contributed by atoms with Gasteiger partial charge in [0.1, 0.15) is 0 Å². The highest BCUT2D eigenvalue weighted by molar-refractivity contribution is 5.73. The Bertz CT molecular complexity index is 565. The van der Waals surface area contributed by atoms with Gasteiger partial charge in [0.15, 0.2) is 0 Å². The second kappa shape index (κ2) is 7.45. The molecule has 3 N–H and O–H groups in total. The zero-order chi connectivity index (χ0) is 15.1. The van der Waals surface area contributed by atoms with Crippen molar-refractivity contribution >= 4 is 6.03 Å². The lowest BCUT2D eigenvalue weighted by atomic mass is 10.1. The van der Waals surface area contributed by atoms with Crippen molar-refractivity contribution in [3.63, 3.8) is 0 Å². The fourth-order valence-electron chi connectivity index (χ4n) is 1.94. The number of nitrogens with one attached hydrogen (secondary N) is 2. The van der Waals surface area contributed by atoms with Crippen LogP contribution in [0, 0.1) is 0 Å². The summed E-state index contributed by atoms with van der Waals surface area (Å²) in [5, 5.41) is 15.0. The Balaban J connectivity index is 1.76. The molecule has 0 aliphatic carbocycles. The molecule has 2 aromatic carbocycles. The fourth-order valence-corrected chi connectivity index (χ4v) is 1.94. The Morgan fingerprint density at radius 3 is 2.00 bits per heavy atom. The minimum atomic E-state index is -0.471. The highest BCUT2D eigenvalue weighted by atomic mass is 16.3. The number of hydrogen-bond donors (Lipinski definition) is 3. The second-order valence-electron chi connectivity index (χ2n) is 4.94. The largest absolute Gasteiger partial charge is 0.389 e. The number of aliphatic hydroxyl groups excluding tert-OH is 1. The van der Waals surface area contributed by atoms with Gasteiger partial charge in [-0.1, -0.05) is 54.6 Å². The molecule has 0 aromatic heterocycles. The van der Waals surface area contributed by atoms with Crippen LogP contribution in [-0.2, 0) is 13.1 Å². The highest BCUT2D eigenvalue weighted by Crippen LogP contribution is 2.12. The van der Waals surface area contributed by atoms with Gasteiger partial charge < -0.3 is 15.7 Å². The van der Waals surface area contributed by atoms with Gasteiger partial charge in [-0.3, -0.25) is 0 Å². The van der Waals surface area contributed by atoms with Crippen LogP contribution in [0.1, 0.15) is 29.7 Å². The first-order valence-electron chi connectivity index (χ1n) is 6.97. The molecule has 4 heteroatoms. The van der Waals surface area contributed by atoms with E-state index < -0.39 is 6.10 Å². The molecule has 0 aliphatic heterocycles. The molecule has 0 aliphatic rings. The maximum atomic E-state index is 11.7. The number of benzene rings is 2. The molecule has 2 rings (SSSR count). The van der Waals surface area contributed by atoms with Crippen molar-refractivity contribution in [2.45, 2.75) is 26.1 Å². The van der Waals surface area contributed by atoms with Gasteiger partial charge in [-0.2, -0.15) is 0 Å². The quantitative estimate of drug-likeness (QED) is 0.790. The SMILES string of the molecule is C[C@H](O)c1ccc(CNC(=O)NCc2ccccc2)cc1. The van der Waals surface area contributed by atoms with Crippen LogP contribution in [0.2, 0.25) is 0 Å². The lowest BCUT2D eigenvalue weighted by Gasteiger charge is -2.09. The highest BCUT2D eigenvalue weighted by Gasteiger charge is 2.02. The van der Waals surface area contributed by atoms with E-state index in [9.17, 15) is 9.90 Å². The Morgan fingerprint density at radius 2 is 1.48 bits per heavy atom. The molecule has 0 saturated carbocycles. The summed E-state index contributed by atoms with van der Waals surface area (Å²) in [5.74, 6) is 0. The second-order valence-corrected chi connectivity index (χ2v) is 4.94. The first-order valence-corrected chi connectivity index (χ1v) is 6.97. The van der Waals surface area contributed by atoms with Gasteiger partial charge in [0.05, 0.1) is 6.10 Å². The third-order valence-electron chi connectivity index (χ3n) is 3.21. The van der Waals surface area contributed by atoms with E-state index in [0.717, 1.165) is 16.7 Å². The number of hydrogen-bond acceptors (Lipinski definition) is 2. The van der Waals surface area contributed by atoms with E-state index >= 15 is 0 Å². The minimum absolute atomic E-state index is 0.196. The van der Waals surface area contributed by atoms with E-state index in [2.05, 4.69) is 10.6 Å². The van der Waals surface area contributed by atoms with Crippen LogP contribution < -0.4 is 10.6 Å². The van der Waals surface area contributed by atoms with Crippen molar-refractivity contribution < 1.29 is 9.90 Å². The molecule has 0 saturated heterocycles. The Labute approximate surface area is 124 Å². The minimum Gasteiger partial charge on any atom is -0.389 e. The number of urea groups is 1. The van der Waals surface area contributed by atoms with Crippen molar-refractivity contribution in [2.24, 2.45) is 0 Å². The summed E-state index contributed by atoms with van der Waals surface area (Å²) in [6.45, 7) is 2.69. The number of aliphatic hydroxyl groups is 1. The molecule has 1 atom stereocenters. The van der Waals surface area contributed by atoms with E-state index in [1.54, 1.807) is 6.92 Å². The summed E-state index contributed by atoms with van der Waals surface area (Å²) in [6, 6.07) is 17.1. The monoisotopic (exact) mass is 284 g/mol. The van der Waals surface area contributed by atoms with Gasteiger partial charge in [-0.25, -0.2) is 4.79 Å². The van der Waals surface area contributed by atoms with Crippen molar-refractivity contribution in [3.05, 3.63) is 71.3 Å². The lowest BCUT2D eigenvalue weighted by molar-refractivity contribution is 0.199. The van der Waals surface area contributed by atoms with E-state index in [4.69, 9.17) is 0 Å². The first kappa shape index (κ1) is 15.1. The zero-order valence-electron chi connectivity index (χ0n) is 12.0. The molecule has 0 radical (unpaired) electrons. The number of amides is 2. The van der Waals surface area contributed by atoms with E-state index in [1.807, 2.05) is 54.6 Å². The van der Waals surface area contributed by atoms with Crippen LogP contribution in [0.3, 0.4) is 0 Å². The van der Waals surface area contributed by atoms with E-state index in [0.29, 0.717) is 13.1 Å². The van der Waals surface area contributed by atoms with Crippen molar-refractivity contribution in [1.82, 2.24) is 10.6 Å². The molecular formula is C17H20N2O2. The van der Waals surface area contributed by atoms with E-state index in [1.165, 1.54) is 0 Å². The molecule has 2 amide bonds. The predicted octanol–water partition coefficient (Wildman–Crippen LogP) is 2.74. The van der Waals surface area contributed by atoms with Crippen LogP contribution in [0.15, 0.2) is 54.6 Å². The van der Waals surface area contributed by atoms with Crippen LogP contribution in [0.5, 0.6) is 0 Å².